The van der Waals surface area contributed by atoms with Crippen molar-refractivity contribution >= 4 is 23.3 Å². The van der Waals surface area contributed by atoms with Crippen LogP contribution in [0, 0.1) is 10.1 Å². The summed E-state index contributed by atoms with van der Waals surface area (Å²) in [4.78, 5) is 22.3. The van der Waals surface area contributed by atoms with Gasteiger partial charge in [-0.1, -0.05) is 11.6 Å². The smallest absolute Gasteiger partial charge is 0.343 e. The van der Waals surface area contributed by atoms with Crippen LogP contribution >= 0.6 is 11.6 Å². The Kier molecular flexibility index (Phi) is 4.17. The summed E-state index contributed by atoms with van der Waals surface area (Å²) in [5, 5.41) is 21.6. The van der Waals surface area contributed by atoms with Crippen LogP contribution in [0.3, 0.4) is 0 Å². The number of carbonyl (C=O) groups excluding carboxylic acids is 1. The summed E-state index contributed by atoms with van der Waals surface area (Å²) in [7, 11) is 0. The van der Waals surface area contributed by atoms with Gasteiger partial charge in [-0.25, -0.2) is 9.48 Å². The molecule has 0 spiro atoms. The maximum atomic E-state index is 12.1. The quantitative estimate of drug-likeness (QED) is 0.309. The summed E-state index contributed by atoms with van der Waals surface area (Å²) in [6.07, 6.45) is 1.42. The van der Waals surface area contributed by atoms with Crippen molar-refractivity contribution in [2.24, 2.45) is 0 Å². The molecule has 0 radical (unpaired) electrons. The van der Waals surface area contributed by atoms with Crippen molar-refractivity contribution in [2.75, 3.05) is 0 Å². The van der Waals surface area contributed by atoms with Crippen molar-refractivity contribution < 1.29 is 14.5 Å². The van der Waals surface area contributed by atoms with Gasteiger partial charge in [-0.05, 0) is 46.8 Å². The summed E-state index contributed by atoms with van der Waals surface area (Å²) in [5.74, 6) is -0.459. The highest BCUT2D eigenvalue weighted by Gasteiger charge is 2.17. The molecule has 0 amide bonds. The van der Waals surface area contributed by atoms with Crippen LogP contribution in [0.1, 0.15) is 10.4 Å². The Hall–Kier alpha value is -3.33. The summed E-state index contributed by atoms with van der Waals surface area (Å²) < 4.78 is 6.62. The van der Waals surface area contributed by atoms with E-state index in [4.69, 9.17) is 16.3 Å². The molecule has 0 aliphatic carbocycles. The largest absolute Gasteiger partial charge is 0.423 e. The van der Waals surface area contributed by atoms with Crippen LogP contribution in [0.4, 0.5) is 5.69 Å². The monoisotopic (exact) mass is 345 g/mol. The van der Waals surface area contributed by atoms with E-state index in [1.165, 1.54) is 23.1 Å². The second-order valence-corrected chi connectivity index (χ2v) is 4.97. The zero-order valence-corrected chi connectivity index (χ0v) is 12.6. The first-order chi connectivity index (χ1) is 11.5. The van der Waals surface area contributed by atoms with Crippen LogP contribution in [-0.4, -0.2) is 31.1 Å². The summed E-state index contributed by atoms with van der Waals surface area (Å²) in [5.41, 5.74) is 0.345. The van der Waals surface area contributed by atoms with Crippen molar-refractivity contribution in [2.45, 2.75) is 0 Å². The van der Waals surface area contributed by atoms with Crippen LogP contribution in [-0.2, 0) is 0 Å². The molecule has 0 saturated heterocycles. The Morgan fingerprint density at radius 1 is 1.21 bits per heavy atom. The van der Waals surface area contributed by atoms with Gasteiger partial charge >= 0.3 is 5.97 Å². The number of tetrazole rings is 1. The first-order valence-corrected chi connectivity index (χ1v) is 6.92. The van der Waals surface area contributed by atoms with Gasteiger partial charge in [-0.3, -0.25) is 10.1 Å². The normalized spacial score (nSPS) is 10.4. The molecule has 0 fully saturated rings. The zero-order chi connectivity index (χ0) is 17.1. The molecule has 0 saturated carbocycles. The lowest BCUT2D eigenvalue weighted by atomic mass is 10.2. The maximum Gasteiger partial charge on any atom is 0.343 e. The number of rotatable bonds is 4. The number of carbonyl (C=O) groups is 1. The number of nitrogens with zero attached hydrogens (tertiary/aromatic N) is 5. The Bertz CT molecular complexity index is 896. The third-order valence-electron chi connectivity index (χ3n) is 3.04. The molecule has 24 heavy (non-hydrogen) atoms. The zero-order valence-electron chi connectivity index (χ0n) is 11.9. The molecule has 0 aliphatic heterocycles. The van der Waals surface area contributed by atoms with E-state index < -0.39 is 10.9 Å². The SMILES string of the molecule is O=C(Oc1ccc(-n2cnnn2)cc1)c1ccc(Cl)c([N+](=O)[O-])c1. The standard InChI is InChI=1S/C14H8ClN5O4/c15-12-6-1-9(7-13(12)20(22)23)14(21)24-11-4-2-10(3-5-11)19-8-16-17-18-19/h1-8H. The maximum absolute atomic E-state index is 12.1. The van der Waals surface area contributed by atoms with Gasteiger partial charge in [-0.15, -0.1) is 5.10 Å². The molecule has 0 aliphatic rings. The predicted octanol–water partition coefficient (Wildman–Crippen LogP) is 2.44. The molecule has 3 aromatic rings. The fraction of sp³-hybridized carbons (Fsp3) is 0. The van der Waals surface area contributed by atoms with Gasteiger partial charge in [0.2, 0.25) is 0 Å². The Morgan fingerprint density at radius 2 is 1.96 bits per heavy atom. The first kappa shape index (κ1) is 15.6. The number of esters is 1. The number of halogens is 1. The van der Waals surface area contributed by atoms with Gasteiger partial charge in [0.15, 0.2) is 0 Å². The second kappa shape index (κ2) is 6.42. The van der Waals surface area contributed by atoms with E-state index in [1.54, 1.807) is 24.3 Å². The highest BCUT2D eigenvalue weighted by molar-refractivity contribution is 6.32. The summed E-state index contributed by atoms with van der Waals surface area (Å²) >= 11 is 5.71. The molecule has 9 nitrogen and oxygen atoms in total. The molecule has 2 aromatic carbocycles. The third-order valence-corrected chi connectivity index (χ3v) is 3.36. The van der Waals surface area contributed by atoms with Crippen molar-refractivity contribution in [1.29, 1.82) is 0 Å². The van der Waals surface area contributed by atoms with E-state index in [0.29, 0.717) is 5.69 Å². The Labute approximate surface area is 139 Å². The minimum atomic E-state index is -0.732. The minimum absolute atomic E-state index is 0.0238. The lowest BCUT2D eigenvalue weighted by Crippen LogP contribution is -2.09. The highest BCUT2D eigenvalue weighted by atomic mass is 35.5. The van der Waals surface area contributed by atoms with E-state index in [-0.39, 0.29) is 22.0 Å². The van der Waals surface area contributed by atoms with Gasteiger partial charge < -0.3 is 4.74 Å². The van der Waals surface area contributed by atoms with E-state index in [2.05, 4.69) is 15.5 Å². The van der Waals surface area contributed by atoms with E-state index >= 15 is 0 Å². The molecule has 0 atom stereocenters. The lowest BCUT2D eigenvalue weighted by molar-refractivity contribution is -0.384. The van der Waals surface area contributed by atoms with Crippen LogP contribution in [0.15, 0.2) is 48.8 Å². The topological polar surface area (TPSA) is 113 Å². The van der Waals surface area contributed by atoms with Gasteiger partial charge in [0.05, 0.1) is 16.2 Å². The Balaban J connectivity index is 1.77. The number of hydrogen-bond donors (Lipinski definition) is 0. The number of aromatic nitrogens is 4. The minimum Gasteiger partial charge on any atom is -0.423 e. The van der Waals surface area contributed by atoms with Gasteiger partial charge in [-0.2, -0.15) is 0 Å². The van der Waals surface area contributed by atoms with Crippen molar-refractivity contribution in [3.63, 3.8) is 0 Å². The lowest BCUT2D eigenvalue weighted by Gasteiger charge is -2.06. The van der Waals surface area contributed by atoms with Crippen LogP contribution in [0.5, 0.6) is 5.75 Å². The molecular formula is C14H8ClN5O4. The van der Waals surface area contributed by atoms with Crippen LogP contribution < -0.4 is 4.74 Å². The first-order valence-electron chi connectivity index (χ1n) is 6.54. The van der Waals surface area contributed by atoms with Crippen LogP contribution in [0.25, 0.3) is 5.69 Å². The average molecular weight is 346 g/mol. The molecule has 10 heteroatoms. The van der Waals surface area contributed by atoms with Crippen LogP contribution in [0.2, 0.25) is 5.02 Å². The van der Waals surface area contributed by atoms with Crippen molar-refractivity contribution in [1.82, 2.24) is 20.2 Å². The molecule has 1 heterocycles. The van der Waals surface area contributed by atoms with Crippen molar-refractivity contribution in [3.05, 3.63) is 69.5 Å². The number of ether oxygens (including phenoxy) is 1. The fourth-order valence-electron chi connectivity index (χ4n) is 1.89. The third kappa shape index (κ3) is 3.20. The van der Waals surface area contributed by atoms with Gasteiger partial charge in [0, 0.05) is 6.07 Å². The number of nitro groups is 1. The molecular weight excluding hydrogens is 338 g/mol. The molecule has 0 N–H and O–H groups in total. The predicted molar refractivity (Wildman–Crippen MR) is 82.2 cm³/mol. The van der Waals surface area contributed by atoms with Gasteiger partial charge in [0.1, 0.15) is 17.1 Å². The van der Waals surface area contributed by atoms with E-state index in [0.717, 1.165) is 6.07 Å². The van der Waals surface area contributed by atoms with E-state index in [9.17, 15) is 14.9 Å². The average Bonchev–Trinajstić information content (AvgIpc) is 3.10. The molecule has 120 valence electrons. The number of benzene rings is 2. The fourth-order valence-corrected chi connectivity index (χ4v) is 2.08. The summed E-state index contributed by atoms with van der Waals surface area (Å²) in [6, 6.07) is 10.1. The van der Waals surface area contributed by atoms with Gasteiger partial charge in [0.25, 0.3) is 5.69 Å². The molecule has 0 unspecified atom stereocenters. The second-order valence-electron chi connectivity index (χ2n) is 4.56. The molecule has 3 rings (SSSR count). The highest BCUT2D eigenvalue weighted by Crippen LogP contribution is 2.26. The Morgan fingerprint density at radius 3 is 2.58 bits per heavy atom. The van der Waals surface area contributed by atoms with Crippen molar-refractivity contribution in [3.8, 4) is 11.4 Å². The molecule has 0 bridgehead atoms. The number of nitro benzene ring substituents is 1. The summed E-state index contributed by atoms with van der Waals surface area (Å²) in [6.45, 7) is 0. The van der Waals surface area contributed by atoms with E-state index in [1.807, 2.05) is 0 Å². The number of hydrogen-bond acceptors (Lipinski definition) is 7. The molecule has 1 aromatic heterocycles.